The third kappa shape index (κ3) is 1.95. The van der Waals surface area contributed by atoms with E-state index in [4.69, 9.17) is 0 Å². The van der Waals surface area contributed by atoms with Crippen LogP contribution in [0.4, 0.5) is 0 Å². The van der Waals surface area contributed by atoms with Crippen LogP contribution in [0.3, 0.4) is 0 Å². The molecule has 1 aliphatic rings. The van der Waals surface area contributed by atoms with E-state index < -0.39 is 0 Å². The van der Waals surface area contributed by atoms with Crippen LogP contribution in [0.1, 0.15) is 35.3 Å². The van der Waals surface area contributed by atoms with E-state index in [0.717, 1.165) is 15.6 Å². The summed E-state index contributed by atoms with van der Waals surface area (Å²) in [4.78, 5) is 22.6. The van der Waals surface area contributed by atoms with E-state index in [0.29, 0.717) is 6.42 Å². The van der Waals surface area contributed by atoms with Crippen LogP contribution in [-0.2, 0) is 4.79 Å². The van der Waals surface area contributed by atoms with Crippen LogP contribution >= 0.6 is 15.9 Å². The maximum Gasteiger partial charge on any atom is 0.217 e. The molecule has 0 aromatic heterocycles. The van der Waals surface area contributed by atoms with Gasteiger partial charge in [0.1, 0.15) is 0 Å². The minimum absolute atomic E-state index is 0.0938. The van der Waals surface area contributed by atoms with Gasteiger partial charge in [0.2, 0.25) is 5.91 Å². The topological polar surface area (TPSA) is 46.2 Å². The summed E-state index contributed by atoms with van der Waals surface area (Å²) in [7, 11) is 0. The molecule has 0 spiro atoms. The molecule has 1 atom stereocenters. The number of Topliss-reactive ketones (excluding diaryl/α,β-unsaturated/α-hetero) is 1. The predicted molar refractivity (Wildman–Crippen MR) is 59.6 cm³/mol. The van der Waals surface area contributed by atoms with Gasteiger partial charge in [0.15, 0.2) is 5.78 Å². The van der Waals surface area contributed by atoms with Gasteiger partial charge in [-0.3, -0.25) is 9.59 Å². The summed E-state index contributed by atoms with van der Waals surface area (Å²) in [6.45, 7) is 1.46. The number of fused-ring (bicyclic) bond motifs is 1. The largest absolute Gasteiger partial charge is 0.349 e. The molecule has 0 heterocycles. The van der Waals surface area contributed by atoms with Gasteiger partial charge in [0, 0.05) is 23.4 Å². The van der Waals surface area contributed by atoms with Crippen molar-refractivity contribution < 1.29 is 9.59 Å². The zero-order valence-corrected chi connectivity index (χ0v) is 9.80. The highest BCUT2D eigenvalue weighted by Crippen LogP contribution is 2.32. The second-order valence-electron chi connectivity index (χ2n) is 3.61. The molecule has 78 valence electrons. The average Bonchev–Trinajstić information content (AvgIpc) is 2.42. The highest BCUT2D eigenvalue weighted by Gasteiger charge is 2.29. The number of halogens is 1. The van der Waals surface area contributed by atoms with Crippen LogP contribution in [0.5, 0.6) is 0 Å². The predicted octanol–water partition coefficient (Wildman–Crippen LogP) is 2.21. The lowest BCUT2D eigenvalue weighted by Gasteiger charge is -2.11. The fraction of sp³-hybridized carbons (Fsp3) is 0.273. The minimum Gasteiger partial charge on any atom is -0.349 e. The smallest absolute Gasteiger partial charge is 0.217 e. The minimum atomic E-state index is -0.164. The standard InChI is InChI=1S/C11H10BrNO2/c1-6(14)13-10-5-11(15)8-3-2-7(12)4-9(8)10/h2-4,10H,5H2,1H3,(H,13,14)/t10-/m0/s1. The summed E-state index contributed by atoms with van der Waals surface area (Å²) in [5.41, 5.74) is 1.63. The van der Waals surface area contributed by atoms with Gasteiger partial charge in [0.05, 0.1) is 6.04 Å². The van der Waals surface area contributed by atoms with Crippen molar-refractivity contribution in [2.75, 3.05) is 0 Å². The monoisotopic (exact) mass is 267 g/mol. The third-order valence-electron chi connectivity index (χ3n) is 2.46. The summed E-state index contributed by atoms with van der Waals surface area (Å²) >= 11 is 3.35. The zero-order chi connectivity index (χ0) is 11.0. The lowest BCUT2D eigenvalue weighted by Crippen LogP contribution is -2.24. The molecule has 3 nitrogen and oxygen atoms in total. The van der Waals surface area contributed by atoms with Crippen molar-refractivity contribution in [3.05, 3.63) is 33.8 Å². The van der Waals surface area contributed by atoms with Gasteiger partial charge in [0.25, 0.3) is 0 Å². The zero-order valence-electron chi connectivity index (χ0n) is 8.21. The molecular formula is C11H10BrNO2. The Kier molecular flexibility index (Phi) is 2.61. The molecule has 2 rings (SSSR count). The Balaban J connectivity index is 2.39. The molecule has 1 aromatic carbocycles. The van der Waals surface area contributed by atoms with Crippen molar-refractivity contribution in [3.8, 4) is 0 Å². The van der Waals surface area contributed by atoms with Gasteiger partial charge in [-0.05, 0) is 23.8 Å². The van der Waals surface area contributed by atoms with Gasteiger partial charge >= 0.3 is 0 Å². The van der Waals surface area contributed by atoms with Crippen LogP contribution in [0.15, 0.2) is 22.7 Å². The Bertz CT molecular complexity index is 440. The number of hydrogen-bond acceptors (Lipinski definition) is 2. The summed E-state index contributed by atoms with van der Waals surface area (Å²) < 4.78 is 0.923. The molecular weight excluding hydrogens is 258 g/mol. The normalized spacial score (nSPS) is 18.8. The molecule has 4 heteroatoms. The van der Waals surface area contributed by atoms with Crippen molar-refractivity contribution in [2.24, 2.45) is 0 Å². The van der Waals surface area contributed by atoms with E-state index in [-0.39, 0.29) is 17.7 Å². The first kappa shape index (κ1) is 10.4. The Morgan fingerprint density at radius 3 is 2.93 bits per heavy atom. The van der Waals surface area contributed by atoms with Crippen LogP contribution in [-0.4, -0.2) is 11.7 Å². The van der Waals surface area contributed by atoms with E-state index >= 15 is 0 Å². The van der Waals surface area contributed by atoms with Gasteiger partial charge in [-0.1, -0.05) is 15.9 Å². The first-order chi connectivity index (χ1) is 7.08. The van der Waals surface area contributed by atoms with E-state index in [1.807, 2.05) is 12.1 Å². The second-order valence-corrected chi connectivity index (χ2v) is 4.53. The van der Waals surface area contributed by atoms with Crippen LogP contribution in [0, 0.1) is 0 Å². The third-order valence-corrected chi connectivity index (χ3v) is 2.95. The van der Waals surface area contributed by atoms with E-state index in [9.17, 15) is 9.59 Å². The molecule has 0 saturated heterocycles. The van der Waals surface area contributed by atoms with Crippen molar-refractivity contribution >= 4 is 27.6 Å². The average molecular weight is 268 g/mol. The van der Waals surface area contributed by atoms with Gasteiger partial charge in [-0.2, -0.15) is 0 Å². The molecule has 1 N–H and O–H groups in total. The Labute approximate surface area is 96.0 Å². The number of hydrogen-bond donors (Lipinski definition) is 1. The summed E-state index contributed by atoms with van der Waals surface area (Å²) in [5.74, 6) is -0.0168. The Morgan fingerprint density at radius 1 is 1.53 bits per heavy atom. The first-order valence-corrected chi connectivity index (χ1v) is 5.47. The highest BCUT2D eigenvalue weighted by atomic mass is 79.9. The SMILES string of the molecule is CC(=O)N[C@H]1CC(=O)c2ccc(Br)cc21. The molecule has 0 saturated carbocycles. The maximum atomic E-state index is 11.6. The Morgan fingerprint density at radius 2 is 2.27 bits per heavy atom. The number of nitrogens with one attached hydrogen (secondary N) is 1. The van der Waals surface area contributed by atoms with Crippen LogP contribution in [0.2, 0.25) is 0 Å². The van der Waals surface area contributed by atoms with Crippen molar-refractivity contribution in [1.29, 1.82) is 0 Å². The Hall–Kier alpha value is -1.16. The number of amides is 1. The maximum absolute atomic E-state index is 11.6. The number of rotatable bonds is 1. The lowest BCUT2D eigenvalue weighted by molar-refractivity contribution is -0.119. The number of carbonyl (C=O) groups is 2. The number of carbonyl (C=O) groups excluding carboxylic acids is 2. The van der Waals surface area contributed by atoms with Crippen LogP contribution in [0.25, 0.3) is 0 Å². The molecule has 0 fully saturated rings. The highest BCUT2D eigenvalue weighted by molar-refractivity contribution is 9.10. The van der Waals surface area contributed by atoms with Crippen molar-refractivity contribution in [1.82, 2.24) is 5.32 Å². The van der Waals surface area contributed by atoms with E-state index in [2.05, 4.69) is 21.2 Å². The molecule has 0 aliphatic heterocycles. The second kappa shape index (κ2) is 3.77. The molecule has 15 heavy (non-hydrogen) atoms. The van der Waals surface area contributed by atoms with E-state index in [1.54, 1.807) is 6.07 Å². The van der Waals surface area contributed by atoms with E-state index in [1.165, 1.54) is 6.92 Å². The molecule has 1 aromatic rings. The molecule has 1 amide bonds. The van der Waals surface area contributed by atoms with Gasteiger partial charge < -0.3 is 5.32 Å². The fourth-order valence-corrected chi connectivity index (χ4v) is 2.23. The first-order valence-electron chi connectivity index (χ1n) is 4.67. The van der Waals surface area contributed by atoms with Gasteiger partial charge in [-0.25, -0.2) is 0 Å². The van der Waals surface area contributed by atoms with Crippen LogP contribution < -0.4 is 5.32 Å². The molecule has 0 unspecified atom stereocenters. The molecule has 0 radical (unpaired) electrons. The van der Waals surface area contributed by atoms with Gasteiger partial charge in [-0.15, -0.1) is 0 Å². The quantitative estimate of drug-likeness (QED) is 0.848. The van der Waals surface area contributed by atoms with Crippen molar-refractivity contribution in [3.63, 3.8) is 0 Å². The lowest BCUT2D eigenvalue weighted by atomic mass is 10.1. The summed E-state index contributed by atoms with van der Waals surface area (Å²) in [5, 5.41) is 2.77. The number of benzene rings is 1. The molecule has 0 bridgehead atoms. The fourth-order valence-electron chi connectivity index (χ4n) is 1.86. The summed E-state index contributed by atoms with van der Waals surface area (Å²) in [6, 6.07) is 5.36. The number of ketones is 1. The molecule has 1 aliphatic carbocycles. The summed E-state index contributed by atoms with van der Waals surface area (Å²) in [6.07, 6.45) is 0.366. The van der Waals surface area contributed by atoms with Crippen molar-refractivity contribution in [2.45, 2.75) is 19.4 Å².